The zero-order valence-electron chi connectivity index (χ0n) is 26.6. The standard InChI is InChI=1S/C32H65N3O4/c1-6-9-10-11-12-13-14-15-16-17-18-19-20-21-22-23-25-33-30(36)38-28-32(4,5)29-39-31(37)34-26-24-27-35(7-2)8-3/h6-29H2,1-5H3,(H,33,36)(H,34,37). The molecule has 0 bridgehead atoms. The predicted molar refractivity (Wildman–Crippen MR) is 164 cm³/mol. The Hall–Kier alpha value is -1.50. The number of ether oxygens (including phenoxy) is 2. The van der Waals surface area contributed by atoms with Crippen molar-refractivity contribution in [1.29, 1.82) is 0 Å². The van der Waals surface area contributed by atoms with E-state index in [4.69, 9.17) is 9.47 Å². The SMILES string of the molecule is CCCCCCCCCCCCCCCCCCNC(=O)OCC(C)(C)COC(=O)NCCCN(CC)CC. The number of nitrogens with zero attached hydrogens (tertiary/aromatic N) is 1. The van der Waals surface area contributed by atoms with Crippen LogP contribution in [-0.2, 0) is 9.47 Å². The molecule has 7 nitrogen and oxygen atoms in total. The molecule has 7 heteroatoms. The number of amides is 2. The van der Waals surface area contributed by atoms with Crippen molar-refractivity contribution in [3.63, 3.8) is 0 Å². The van der Waals surface area contributed by atoms with Crippen LogP contribution in [0.25, 0.3) is 0 Å². The normalized spacial score (nSPS) is 11.5. The van der Waals surface area contributed by atoms with Crippen molar-refractivity contribution in [1.82, 2.24) is 15.5 Å². The molecule has 0 aromatic carbocycles. The number of rotatable bonds is 27. The van der Waals surface area contributed by atoms with Crippen LogP contribution in [0.1, 0.15) is 144 Å². The van der Waals surface area contributed by atoms with Crippen molar-refractivity contribution in [2.24, 2.45) is 5.41 Å². The van der Waals surface area contributed by atoms with Gasteiger partial charge in [0.05, 0.1) is 0 Å². The smallest absolute Gasteiger partial charge is 0.407 e. The molecule has 0 aliphatic heterocycles. The summed E-state index contributed by atoms with van der Waals surface area (Å²) in [7, 11) is 0. The van der Waals surface area contributed by atoms with E-state index in [2.05, 4.69) is 36.3 Å². The molecule has 0 fully saturated rings. The molecule has 0 heterocycles. The van der Waals surface area contributed by atoms with Crippen LogP contribution >= 0.6 is 0 Å². The summed E-state index contributed by atoms with van der Waals surface area (Å²) in [5.74, 6) is 0. The molecule has 0 saturated heterocycles. The Morgan fingerprint density at radius 2 is 0.923 bits per heavy atom. The number of carbonyl (C=O) groups excluding carboxylic acids is 2. The van der Waals surface area contributed by atoms with Gasteiger partial charge in [0.25, 0.3) is 0 Å². The Bertz CT molecular complexity index is 568. The molecule has 0 unspecified atom stereocenters. The van der Waals surface area contributed by atoms with Gasteiger partial charge in [0.1, 0.15) is 13.2 Å². The first-order valence-electron chi connectivity index (χ1n) is 16.4. The average Bonchev–Trinajstić information content (AvgIpc) is 2.92. The van der Waals surface area contributed by atoms with Crippen molar-refractivity contribution < 1.29 is 19.1 Å². The minimum Gasteiger partial charge on any atom is -0.449 e. The van der Waals surface area contributed by atoms with E-state index in [0.29, 0.717) is 13.1 Å². The van der Waals surface area contributed by atoms with E-state index < -0.39 is 17.6 Å². The van der Waals surface area contributed by atoms with Crippen molar-refractivity contribution in [2.45, 2.75) is 144 Å². The second-order valence-electron chi connectivity index (χ2n) is 11.9. The Morgan fingerprint density at radius 3 is 1.31 bits per heavy atom. The molecule has 39 heavy (non-hydrogen) atoms. The molecule has 0 aromatic rings. The topological polar surface area (TPSA) is 79.9 Å². The summed E-state index contributed by atoms with van der Waals surface area (Å²) < 4.78 is 10.7. The van der Waals surface area contributed by atoms with E-state index in [1.807, 2.05) is 13.8 Å². The zero-order valence-corrected chi connectivity index (χ0v) is 26.6. The molecule has 0 spiro atoms. The van der Waals surface area contributed by atoms with Crippen molar-refractivity contribution >= 4 is 12.2 Å². The Morgan fingerprint density at radius 1 is 0.564 bits per heavy atom. The predicted octanol–water partition coefficient (Wildman–Crippen LogP) is 8.46. The minimum absolute atomic E-state index is 0.196. The van der Waals surface area contributed by atoms with E-state index in [0.717, 1.165) is 38.9 Å². The fraction of sp³-hybridized carbons (Fsp3) is 0.938. The van der Waals surface area contributed by atoms with Crippen molar-refractivity contribution in [2.75, 3.05) is 45.9 Å². The largest absolute Gasteiger partial charge is 0.449 e. The minimum atomic E-state index is -0.440. The molecule has 0 aliphatic rings. The van der Waals surface area contributed by atoms with E-state index in [1.54, 1.807) is 0 Å². The van der Waals surface area contributed by atoms with Gasteiger partial charge in [-0.05, 0) is 32.5 Å². The summed E-state index contributed by atoms with van der Waals surface area (Å²) in [5, 5.41) is 5.63. The lowest BCUT2D eigenvalue weighted by molar-refractivity contribution is 0.0466. The third kappa shape index (κ3) is 26.5. The average molecular weight is 556 g/mol. The zero-order chi connectivity index (χ0) is 29.0. The molecule has 0 atom stereocenters. The first-order chi connectivity index (χ1) is 18.8. The monoisotopic (exact) mass is 555 g/mol. The van der Waals surface area contributed by atoms with Crippen LogP contribution < -0.4 is 10.6 Å². The highest BCUT2D eigenvalue weighted by atomic mass is 16.6. The van der Waals surface area contributed by atoms with Crippen LogP contribution in [0.5, 0.6) is 0 Å². The number of hydrogen-bond acceptors (Lipinski definition) is 5. The lowest BCUT2D eigenvalue weighted by Crippen LogP contribution is -2.35. The van der Waals surface area contributed by atoms with Gasteiger partial charge in [-0.15, -0.1) is 0 Å². The highest BCUT2D eigenvalue weighted by molar-refractivity contribution is 5.67. The van der Waals surface area contributed by atoms with Crippen LogP contribution in [0, 0.1) is 5.41 Å². The van der Waals surface area contributed by atoms with Gasteiger partial charge in [-0.25, -0.2) is 9.59 Å². The Kier molecular flexibility index (Phi) is 25.7. The number of carbonyl (C=O) groups is 2. The molecule has 0 rings (SSSR count). The summed E-state index contributed by atoms with van der Waals surface area (Å²) in [6.07, 6.45) is 21.5. The molecule has 2 amide bonds. The first kappa shape index (κ1) is 37.5. The fourth-order valence-electron chi connectivity index (χ4n) is 4.56. The second kappa shape index (κ2) is 26.7. The number of alkyl carbamates (subject to hydrolysis) is 2. The molecule has 2 N–H and O–H groups in total. The van der Waals surface area contributed by atoms with Gasteiger partial charge in [-0.2, -0.15) is 0 Å². The highest BCUT2D eigenvalue weighted by Gasteiger charge is 2.22. The van der Waals surface area contributed by atoms with Gasteiger partial charge in [0.2, 0.25) is 0 Å². The third-order valence-electron chi connectivity index (χ3n) is 7.30. The molecular formula is C32H65N3O4. The van der Waals surface area contributed by atoms with E-state index in [1.165, 1.54) is 89.9 Å². The van der Waals surface area contributed by atoms with E-state index >= 15 is 0 Å². The van der Waals surface area contributed by atoms with Crippen molar-refractivity contribution in [3.8, 4) is 0 Å². The Balaban J connectivity index is 3.54. The van der Waals surface area contributed by atoms with Gasteiger partial charge >= 0.3 is 12.2 Å². The highest BCUT2D eigenvalue weighted by Crippen LogP contribution is 2.16. The molecule has 0 radical (unpaired) electrons. The molecule has 0 saturated carbocycles. The molecule has 0 aliphatic carbocycles. The van der Waals surface area contributed by atoms with Gasteiger partial charge in [-0.3, -0.25) is 0 Å². The van der Waals surface area contributed by atoms with Crippen LogP contribution in [0.3, 0.4) is 0 Å². The maximum atomic E-state index is 12.0. The van der Waals surface area contributed by atoms with Crippen LogP contribution in [0.4, 0.5) is 9.59 Å². The number of nitrogens with one attached hydrogen (secondary N) is 2. The summed E-state index contributed by atoms with van der Waals surface area (Å²) >= 11 is 0. The fourth-order valence-corrected chi connectivity index (χ4v) is 4.56. The van der Waals surface area contributed by atoms with Crippen molar-refractivity contribution in [3.05, 3.63) is 0 Å². The summed E-state index contributed by atoms with van der Waals surface area (Å²) in [6, 6.07) is 0. The second-order valence-corrected chi connectivity index (χ2v) is 11.9. The lowest BCUT2D eigenvalue weighted by atomic mass is 9.96. The maximum Gasteiger partial charge on any atom is 0.407 e. The van der Waals surface area contributed by atoms with E-state index in [-0.39, 0.29) is 13.2 Å². The number of hydrogen-bond donors (Lipinski definition) is 2. The lowest BCUT2D eigenvalue weighted by Gasteiger charge is -2.24. The Labute approximate surface area is 241 Å². The van der Waals surface area contributed by atoms with E-state index in [9.17, 15) is 9.59 Å². The van der Waals surface area contributed by atoms with Gasteiger partial charge in [0.15, 0.2) is 0 Å². The summed E-state index contributed by atoms with van der Waals surface area (Å²) in [6.45, 7) is 15.0. The van der Waals surface area contributed by atoms with Crippen LogP contribution in [0.15, 0.2) is 0 Å². The third-order valence-corrected chi connectivity index (χ3v) is 7.30. The number of unbranched alkanes of at least 4 members (excludes halogenated alkanes) is 15. The molecular weight excluding hydrogens is 490 g/mol. The maximum absolute atomic E-state index is 12.0. The quantitative estimate of drug-likeness (QED) is 0.0994. The molecule has 0 aromatic heterocycles. The van der Waals surface area contributed by atoms with Crippen LogP contribution in [0.2, 0.25) is 0 Å². The first-order valence-corrected chi connectivity index (χ1v) is 16.4. The van der Waals surface area contributed by atoms with Gasteiger partial charge in [-0.1, -0.05) is 131 Å². The van der Waals surface area contributed by atoms with Gasteiger partial charge in [0, 0.05) is 18.5 Å². The summed E-state index contributed by atoms with van der Waals surface area (Å²) in [4.78, 5) is 26.3. The summed E-state index contributed by atoms with van der Waals surface area (Å²) in [5.41, 5.74) is -0.440. The molecule has 232 valence electrons. The van der Waals surface area contributed by atoms with Gasteiger partial charge < -0.3 is 25.0 Å². The van der Waals surface area contributed by atoms with Crippen LogP contribution in [-0.4, -0.2) is 63.0 Å².